The van der Waals surface area contributed by atoms with Gasteiger partial charge in [0.2, 0.25) is 0 Å². The number of fused-ring (bicyclic) bond motifs is 1. The van der Waals surface area contributed by atoms with Gasteiger partial charge in [-0.2, -0.15) is 0 Å². The number of ether oxygens (including phenoxy) is 2. The number of nitrogen functional groups attached to an aromatic ring is 1. The molecule has 13 heteroatoms. The Morgan fingerprint density at radius 1 is 1.20 bits per heavy atom. The second-order valence-electron chi connectivity index (χ2n) is 7.73. The molecule has 0 bridgehead atoms. The third-order valence-corrected chi connectivity index (χ3v) is 4.25. The van der Waals surface area contributed by atoms with Crippen LogP contribution in [0.25, 0.3) is 11.2 Å². The molecule has 3 rings (SSSR count). The van der Waals surface area contributed by atoms with Crippen molar-refractivity contribution in [3.05, 3.63) is 12.7 Å². The third-order valence-electron chi connectivity index (χ3n) is 4.25. The number of rotatable bonds is 5. The van der Waals surface area contributed by atoms with Crippen molar-refractivity contribution in [1.29, 1.82) is 0 Å². The fraction of sp³-hybridized carbons (Fsp3) is 0.588. The fourth-order valence-electron chi connectivity index (χ4n) is 2.93. The van der Waals surface area contributed by atoms with Gasteiger partial charge in [0.15, 0.2) is 23.8 Å². The second kappa shape index (κ2) is 8.38. The average Bonchev–Trinajstić information content (AvgIpc) is 3.20. The molecule has 0 aliphatic carbocycles. The second-order valence-corrected chi connectivity index (χ2v) is 7.73. The quantitative estimate of drug-likeness (QED) is 0.361. The van der Waals surface area contributed by atoms with E-state index in [1.807, 2.05) is 0 Å². The van der Waals surface area contributed by atoms with E-state index in [0.717, 1.165) is 0 Å². The summed E-state index contributed by atoms with van der Waals surface area (Å²) >= 11 is 0. The van der Waals surface area contributed by atoms with Crippen molar-refractivity contribution in [2.45, 2.75) is 50.9 Å². The summed E-state index contributed by atoms with van der Waals surface area (Å²) in [5.41, 5.74) is 5.72. The standard InChI is InChI=1S/C17H25N7O6/c1-17(2,3)30-16(28)20-5-4-19-14(27)11-9(25)10(26)15(29-11)24-7-23-8-12(18)21-6-22-13(8)24/h6-7,9-11,15,25-26H,4-5H2,1-3H3,(H,19,27)(H,20,28)(H2,18,21,22)/t9-,10+,11-,15+/m0/s1. The smallest absolute Gasteiger partial charge is 0.407 e. The molecule has 2 aromatic rings. The van der Waals surface area contributed by atoms with Crippen LogP contribution >= 0.6 is 0 Å². The lowest BCUT2D eigenvalue weighted by atomic mass is 10.1. The first-order valence-corrected chi connectivity index (χ1v) is 9.27. The minimum atomic E-state index is -1.48. The largest absolute Gasteiger partial charge is 0.444 e. The molecule has 4 atom stereocenters. The summed E-state index contributed by atoms with van der Waals surface area (Å²) in [7, 11) is 0. The molecule has 2 aromatic heterocycles. The van der Waals surface area contributed by atoms with E-state index in [0.29, 0.717) is 11.2 Å². The van der Waals surface area contributed by atoms with Crippen molar-refractivity contribution in [1.82, 2.24) is 30.2 Å². The number of nitrogens with zero attached hydrogens (tertiary/aromatic N) is 4. The summed E-state index contributed by atoms with van der Waals surface area (Å²) in [5.74, 6) is -0.493. The molecule has 6 N–H and O–H groups in total. The Kier molecular flexibility index (Phi) is 6.05. The minimum absolute atomic E-state index is 0.0726. The average molecular weight is 423 g/mol. The minimum Gasteiger partial charge on any atom is -0.444 e. The van der Waals surface area contributed by atoms with Crippen LogP contribution in [0.5, 0.6) is 0 Å². The predicted molar refractivity (Wildman–Crippen MR) is 103 cm³/mol. The number of nitrogens with two attached hydrogens (primary N) is 1. The van der Waals surface area contributed by atoms with Crippen LogP contribution in [0.3, 0.4) is 0 Å². The molecular formula is C17H25N7O6. The number of carbonyl (C=O) groups excluding carboxylic acids is 2. The van der Waals surface area contributed by atoms with E-state index in [9.17, 15) is 19.8 Å². The molecule has 30 heavy (non-hydrogen) atoms. The zero-order chi connectivity index (χ0) is 22.1. The van der Waals surface area contributed by atoms with Gasteiger partial charge in [0.1, 0.15) is 29.7 Å². The first-order valence-electron chi connectivity index (χ1n) is 9.27. The van der Waals surface area contributed by atoms with Crippen LogP contribution in [0.15, 0.2) is 12.7 Å². The summed E-state index contributed by atoms with van der Waals surface area (Å²) in [6.07, 6.45) is -3.37. The number of aliphatic hydroxyl groups excluding tert-OH is 2. The maximum absolute atomic E-state index is 12.4. The Balaban J connectivity index is 1.58. The van der Waals surface area contributed by atoms with E-state index < -0.39 is 42.1 Å². The summed E-state index contributed by atoms with van der Waals surface area (Å²) in [5, 5.41) is 25.7. The normalized spacial score (nSPS) is 24.0. The molecule has 1 aliphatic heterocycles. The number of amides is 2. The van der Waals surface area contributed by atoms with Crippen LogP contribution in [-0.4, -0.2) is 78.7 Å². The van der Waals surface area contributed by atoms with Crippen molar-refractivity contribution in [3.63, 3.8) is 0 Å². The van der Waals surface area contributed by atoms with Crippen LogP contribution in [0.1, 0.15) is 27.0 Å². The molecule has 0 spiro atoms. The van der Waals surface area contributed by atoms with Crippen LogP contribution in [0, 0.1) is 0 Å². The molecule has 164 valence electrons. The van der Waals surface area contributed by atoms with Gasteiger partial charge >= 0.3 is 6.09 Å². The van der Waals surface area contributed by atoms with E-state index in [-0.39, 0.29) is 18.9 Å². The topological polar surface area (TPSA) is 187 Å². The van der Waals surface area contributed by atoms with Gasteiger partial charge < -0.3 is 36.1 Å². The number of hydrogen-bond donors (Lipinski definition) is 5. The summed E-state index contributed by atoms with van der Waals surface area (Å²) < 4.78 is 12.0. The Bertz CT molecular complexity index is 927. The first kappa shape index (κ1) is 21.7. The maximum atomic E-state index is 12.4. The number of alkyl carbamates (subject to hydrolysis) is 1. The maximum Gasteiger partial charge on any atom is 0.407 e. The molecule has 2 amide bonds. The summed E-state index contributed by atoms with van der Waals surface area (Å²) in [6, 6.07) is 0. The van der Waals surface area contributed by atoms with Gasteiger partial charge in [0.25, 0.3) is 5.91 Å². The number of hydrogen-bond acceptors (Lipinski definition) is 10. The molecule has 13 nitrogen and oxygen atoms in total. The lowest BCUT2D eigenvalue weighted by Gasteiger charge is -2.20. The summed E-state index contributed by atoms with van der Waals surface area (Å²) in [4.78, 5) is 36.0. The Labute approximate surface area is 171 Å². The number of imidazole rings is 1. The van der Waals surface area contributed by atoms with Crippen molar-refractivity contribution in [2.24, 2.45) is 0 Å². The SMILES string of the molecule is CC(C)(C)OC(=O)NCCNC(=O)[C@H]1O[C@@H](n2cnc3c(N)ncnc32)[C@H](O)[C@@H]1O. The highest BCUT2D eigenvalue weighted by Crippen LogP contribution is 2.32. The third kappa shape index (κ3) is 4.58. The monoisotopic (exact) mass is 423 g/mol. The number of aromatic nitrogens is 4. The zero-order valence-electron chi connectivity index (χ0n) is 16.8. The zero-order valence-corrected chi connectivity index (χ0v) is 16.8. The molecule has 0 unspecified atom stereocenters. The van der Waals surface area contributed by atoms with Crippen molar-refractivity contribution >= 4 is 29.0 Å². The number of anilines is 1. The lowest BCUT2D eigenvalue weighted by molar-refractivity contribution is -0.137. The Morgan fingerprint density at radius 2 is 1.90 bits per heavy atom. The molecular weight excluding hydrogens is 398 g/mol. The number of carbonyl (C=O) groups is 2. The van der Waals surface area contributed by atoms with Gasteiger partial charge in [0.05, 0.1) is 6.33 Å². The predicted octanol–water partition coefficient (Wildman–Crippen LogP) is -1.33. The molecule has 0 radical (unpaired) electrons. The van der Waals surface area contributed by atoms with Gasteiger partial charge in [-0.3, -0.25) is 9.36 Å². The molecule has 0 saturated carbocycles. The Hall–Kier alpha value is -3.03. The van der Waals surface area contributed by atoms with E-state index >= 15 is 0 Å². The molecule has 1 fully saturated rings. The van der Waals surface area contributed by atoms with Gasteiger partial charge in [-0.15, -0.1) is 0 Å². The number of aliphatic hydroxyl groups is 2. The Morgan fingerprint density at radius 3 is 2.60 bits per heavy atom. The molecule has 1 aliphatic rings. The highest BCUT2D eigenvalue weighted by Gasteiger charge is 2.47. The van der Waals surface area contributed by atoms with Gasteiger partial charge in [-0.05, 0) is 20.8 Å². The van der Waals surface area contributed by atoms with E-state index in [2.05, 4.69) is 25.6 Å². The molecule has 1 saturated heterocycles. The van der Waals surface area contributed by atoms with E-state index in [1.54, 1.807) is 20.8 Å². The summed E-state index contributed by atoms with van der Waals surface area (Å²) in [6.45, 7) is 5.39. The number of nitrogens with one attached hydrogen (secondary N) is 2. The van der Waals surface area contributed by atoms with Crippen molar-refractivity contribution in [3.8, 4) is 0 Å². The lowest BCUT2D eigenvalue weighted by Crippen LogP contribution is -2.45. The van der Waals surface area contributed by atoms with Crippen LogP contribution in [-0.2, 0) is 14.3 Å². The van der Waals surface area contributed by atoms with Crippen LogP contribution < -0.4 is 16.4 Å². The van der Waals surface area contributed by atoms with Gasteiger partial charge in [-0.1, -0.05) is 0 Å². The van der Waals surface area contributed by atoms with E-state index in [1.165, 1.54) is 17.2 Å². The van der Waals surface area contributed by atoms with Crippen LogP contribution in [0.2, 0.25) is 0 Å². The highest BCUT2D eigenvalue weighted by molar-refractivity contribution is 5.82. The van der Waals surface area contributed by atoms with Gasteiger partial charge in [-0.25, -0.2) is 19.7 Å². The van der Waals surface area contributed by atoms with Crippen molar-refractivity contribution in [2.75, 3.05) is 18.8 Å². The van der Waals surface area contributed by atoms with Crippen molar-refractivity contribution < 1.29 is 29.3 Å². The molecule has 3 heterocycles. The highest BCUT2D eigenvalue weighted by atomic mass is 16.6. The van der Waals surface area contributed by atoms with E-state index in [4.69, 9.17) is 15.2 Å². The first-order chi connectivity index (χ1) is 14.1. The van der Waals surface area contributed by atoms with Crippen LogP contribution in [0.4, 0.5) is 10.6 Å². The van der Waals surface area contributed by atoms with Gasteiger partial charge in [0, 0.05) is 13.1 Å². The fourth-order valence-corrected chi connectivity index (χ4v) is 2.93. The molecule has 0 aromatic carbocycles.